The standard InChI is InChI=1S/C22H19N5O3S2/c1-15-20(22-26-25-21(30-22)17-5-3-2-4-6-17)24-19(13-23-15)16-7-10-27(11-8-16)32(28,29)18-9-12-31-14-18/h2-7,9,12-14H,8,10-11H2,1H3. The molecule has 4 heterocycles. The van der Waals surface area contributed by atoms with Gasteiger partial charge in [-0.25, -0.2) is 13.4 Å². The highest BCUT2D eigenvalue weighted by molar-refractivity contribution is 7.89. The van der Waals surface area contributed by atoms with E-state index in [-0.39, 0.29) is 6.54 Å². The number of hydrogen-bond acceptors (Lipinski definition) is 8. The van der Waals surface area contributed by atoms with Crippen molar-refractivity contribution in [2.24, 2.45) is 0 Å². The second-order valence-corrected chi connectivity index (χ2v) is 9.99. The van der Waals surface area contributed by atoms with Crippen molar-refractivity contribution in [3.8, 4) is 23.0 Å². The Hall–Kier alpha value is -3.21. The molecule has 3 aromatic heterocycles. The Bertz CT molecular complexity index is 1380. The third-order valence-electron chi connectivity index (χ3n) is 5.24. The topological polar surface area (TPSA) is 102 Å². The van der Waals surface area contributed by atoms with E-state index in [4.69, 9.17) is 9.40 Å². The van der Waals surface area contributed by atoms with Crippen LogP contribution in [-0.4, -0.2) is 46.0 Å². The van der Waals surface area contributed by atoms with Crippen LogP contribution in [0.4, 0.5) is 0 Å². The summed E-state index contributed by atoms with van der Waals surface area (Å²) in [5.74, 6) is 0.715. The number of sulfonamides is 1. The number of aryl methyl sites for hydroxylation is 1. The van der Waals surface area contributed by atoms with Gasteiger partial charge in [-0.3, -0.25) is 4.98 Å². The van der Waals surface area contributed by atoms with Gasteiger partial charge in [-0.1, -0.05) is 24.3 Å². The fourth-order valence-corrected chi connectivity index (χ4v) is 5.87. The van der Waals surface area contributed by atoms with Crippen molar-refractivity contribution >= 4 is 26.9 Å². The highest BCUT2D eigenvalue weighted by Crippen LogP contribution is 2.29. The Morgan fingerprint density at radius 1 is 1.09 bits per heavy atom. The van der Waals surface area contributed by atoms with Crippen molar-refractivity contribution in [3.05, 3.63) is 70.8 Å². The molecule has 0 spiro atoms. The summed E-state index contributed by atoms with van der Waals surface area (Å²) in [6, 6.07) is 11.2. The van der Waals surface area contributed by atoms with Gasteiger partial charge in [0.2, 0.25) is 15.9 Å². The minimum Gasteiger partial charge on any atom is -0.415 e. The van der Waals surface area contributed by atoms with Crippen LogP contribution in [0.15, 0.2) is 68.7 Å². The molecule has 1 aromatic carbocycles. The number of thiophene rings is 1. The van der Waals surface area contributed by atoms with Gasteiger partial charge in [0, 0.05) is 24.0 Å². The van der Waals surface area contributed by atoms with Crippen molar-refractivity contribution < 1.29 is 12.8 Å². The molecule has 0 fully saturated rings. The zero-order chi connectivity index (χ0) is 22.1. The van der Waals surface area contributed by atoms with E-state index in [1.54, 1.807) is 23.0 Å². The molecule has 8 nitrogen and oxygen atoms in total. The van der Waals surface area contributed by atoms with Crippen molar-refractivity contribution in [3.63, 3.8) is 0 Å². The van der Waals surface area contributed by atoms with Crippen LogP contribution >= 0.6 is 11.3 Å². The molecule has 0 unspecified atom stereocenters. The highest BCUT2D eigenvalue weighted by Gasteiger charge is 2.27. The summed E-state index contributed by atoms with van der Waals surface area (Å²) in [5.41, 5.74) is 3.65. The smallest absolute Gasteiger partial charge is 0.268 e. The molecule has 10 heteroatoms. The first-order chi connectivity index (χ1) is 15.5. The predicted octanol–water partition coefficient (Wildman–Crippen LogP) is 4.04. The summed E-state index contributed by atoms with van der Waals surface area (Å²) in [6.45, 7) is 2.51. The van der Waals surface area contributed by atoms with Crippen LogP contribution in [0.3, 0.4) is 0 Å². The van der Waals surface area contributed by atoms with Crippen LogP contribution in [0.1, 0.15) is 17.8 Å². The Morgan fingerprint density at radius 3 is 2.62 bits per heavy atom. The van der Waals surface area contributed by atoms with E-state index >= 15 is 0 Å². The van der Waals surface area contributed by atoms with Crippen LogP contribution in [-0.2, 0) is 10.0 Å². The first kappa shape index (κ1) is 20.7. The van der Waals surface area contributed by atoms with Crippen LogP contribution in [0.2, 0.25) is 0 Å². The predicted molar refractivity (Wildman–Crippen MR) is 121 cm³/mol. The fraction of sp³-hybridized carbons (Fsp3) is 0.182. The van der Waals surface area contributed by atoms with Crippen molar-refractivity contribution in [1.29, 1.82) is 0 Å². The molecule has 1 aliphatic heterocycles. The molecule has 162 valence electrons. The monoisotopic (exact) mass is 465 g/mol. The molecule has 32 heavy (non-hydrogen) atoms. The van der Waals surface area contributed by atoms with E-state index in [0.29, 0.717) is 46.7 Å². The lowest BCUT2D eigenvalue weighted by molar-refractivity contribution is 0.441. The highest BCUT2D eigenvalue weighted by atomic mass is 32.2. The van der Waals surface area contributed by atoms with Gasteiger partial charge in [-0.2, -0.15) is 15.6 Å². The third-order valence-corrected chi connectivity index (χ3v) is 7.93. The lowest BCUT2D eigenvalue weighted by atomic mass is 10.1. The molecule has 0 bridgehead atoms. The maximum absolute atomic E-state index is 12.7. The minimum absolute atomic E-state index is 0.289. The summed E-state index contributed by atoms with van der Waals surface area (Å²) in [4.78, 5) is 9.51. The van der Waals surface area contributed by atoms with E-state index in [0.717, 1.165) is 11.1 Å². The molecule has 5 rings (SSSR count). The average Bonchev–Trinajstić information content (AvgIpc) is 3.53. The van der Waals surface area contributed by atoms with E-state index in [2.05, 4.69) is 15.2 Å². The fourth-order valence-electron chi connectivity index (χ4n) is 3.47. The lowest BCUT2D eigenvalue weighted by Crippen LogP contribution is -2.34. The van der Waals surface area contributed by atoms with E-state index < -0.39 is 10.0 Å². The Balaban J connectivity index is 1.40. The van der Waals surface area contributed by atoms with Gasteiger partial charge in [0.05, 0.1) is 22.5 Å². The molecule has 0 amide bonds. The van der Waals surface area contributed by atoms with Gasteiger partial charge < -0.3 is 4.42 Å². The average molecular weight is 466 g/mol. The van der Waals surface area contributed by atoms with Gasteiger partial charge in [-0.05, 0) is 42.5 Å². The van der Waals surface area contributed by atoms with Gasteiger partial charge in [0.25, 0.3) is 5.89 Å². The van der Waals surface area contributed by atoms with Gasteiger partial charge in [-0.15, -0.1) is 10.2 Å². The number of hydrogen-bond donors (Lipinski definition) is 0. The summed E-state index contributed by atoms with van der Waals surface area (Å²) in [6.07, 6.45) is 4.13. The maximum Gasteiger partial charge on any atom is 0.268 e. The number of nitrogens with zero attached hydrogens (tertiary/aromatic N) is 5. The summed E-state index contributed by atoms with van der Waals surface area (Å²) in [7, 11) is -3.48. The molecule has 0 radical (unpaired) electrons. The molecular weight excluding hydrogens is 446 g/mol. The Labute approximate surface area is 189 Å². The van der Waals surface area contributed by atoms with Crippen molar-refractivity contribution in [2.75, 3.05) is 13.1 Å². The molecule has 0 N–H and O–H groups in total. The van der Waals surface area contributed by atoms with E-state index in [1.165, 1.54) is 15.6 Å². The molecular formula is C22H19N5O3S2. The second-order valence-electron chi connectivity index (χ2n) is 7.27. The molecule has 4 aromatic rings. The van der Waals surface area contributed by atoms with E-state index in [1.807, 2.05) is 43.3 Å². The molecule has 0 aliphatic carbocycles. The minimum atomic E-state index is -3.48. The van der Waals surface area contributed by atoms with Gasteiger partial charge >= 0.3 is 0 Å². The van der Waals surface area contributed by atoms with Crippen molar-refractivity contribution in [1.82, 2.24) is 24.5 Å². The Kier molecular flexibility index (Phi) is 5.41. The lowest BCUT2D eigenvalue weighted by Gasteiger charge is -2.25. The zero-order valence-corrected chi connectivity index (χ0v) is 18.8. The van der Waals surface area contributed by atoms with Crippen molar-refractivity contribution in [2.45, 2.75) is 18.2 Å². The van der Waals surface area contributed by atoms with E-state index in [9.17, 15) is 8.42 Å². The van der Waals surface area contributed by atoms with Crippen LogP contribution < -0.4 is 0 Å². The second kappa shape index (κ2) is 8.38. The summed E-state index contributed by atoms with van der Waals surface area (Å²) in [5, 5.41) is 11.7. The van der Waals surface area contributed by atoms with Gasteiger partial charge in [0.15, 0.2) is 0 Å². The van der Waals surface area contributed by atoms with Crippen LogP contribution in [0.5, 0.6) is 0 Å². The molecule has 0 atom stereocenters. The molecule has 0 saturated carbocycles. The first-order valence-electron chi connectivity index (χ1n) is 9.97. The zero-order valence-electron chi connectivity index (χ0n) is 17.2. The maximum atomic E-state index is 12.7. The normalized spacial score (nSPS) is 15.0. The molecule has 0 saturated heterocycles. The third kappa shape index (κ3) is 3.88. The summed E-state index contributed by atoms with van der Waals surface area (Å²) >= 11 is 1.37. The van der Waals surface area contributed by atoms with Crippen LogP contribution in [0, 0.1) is 6.92 Å². The largest absolute Gasteiger partial charge is 0.415 e. The number of aromatic nitrogens is 4. The summed E-state index contributed by atoms with van der Waals surface area (Å²) < 4.78 is 32.8. The SMILES string of the molecule is Cc1ncc(C2=CCN(S(=O)(=O)c3ccsc3)CC2)nc1-c1nnc(-c2ccccc2)o1. The van der Waals surface area contributed by atoms with Crippen LogP contribution in [0.25, 0.3) is 28.6 Å². The quantitative estimate of drug-likeness (QED) is 0.438. The number of rotatable bonds is 5. The van der Waals surface area contributed by atoms with Gasteiger partial charge in [0.1, 0.15) is 5.69 Å². The first-order valence-corrected chi connectivity index (χ1v) is 12.4. The Morgan fingerprint density at radius 2 is 1.91 bits per heavy atom. The number of benzene rings is 1. The molecule has 1 aliphatic rings.